The molecule has 0 aromatic rings. The fraction of sp³-hybridized carbons (Fsp3) is 0.571. The van der Waals surface area contributed by atoms with Gasteiger partial charge in [-0.05, 0) is 0 Å². The van der Waals surface area contributed by atoms with E-state index in [1.165, 1.54) is 0 Å². The molecule has 0 heterocycles. The molecule has 0 aromatic heterocycles. The number of rotatable bonds is 7. The molecule has 1 amide bonds. The van der Waals surface area contributed by atoms with Gasteiger partial charge < -0.3 is 20.3 Å². The van der Waals surface area contributed by atoms with Crippen LogP contribution in [0.1, 0.15) is 6.42 Å². The summed E-state index contributed by atoms with van der Waals surface area (Å²) in [6, 6.07) is 0. The number of carboxylic acids is 2. The number of carboxylic acid groups (broad SMARTS) is 2. The van der Waals surface area contributed by atoms with Crippen molar-refractivity contribution in [1.82, 2.24) is 10.4 Å². The van der Waals surface area contributed by atoms with Crippen LogP contribution < -0.4 is 40.0 Å². The first-order valence-electron chi connectivity index (χ1n) is 4.05. The number of nitrogens with zero attached hydrogens (tertiary/aromatic N) is 1. The summed E-state index contributed by atoms with van der Waals surface area (Å²) >= 11 is 0. The van der Waals surface area contributed by atoms with E-state index in [2.05, 4.69) is 5.32 Å². The monoisotopic (exact) mass is 242 g/mol. The van der Waals surface area contributed by atoms with Crippen molar-refractivity contribution in [2.45, 2.75) is 6.42 Å². The van der Waals surface area contributed by atoms with Crippen molar-refractivity contribution in [3.8, 4) is 0 Å². The van der Waals surface area contributed by atoms with E-state index in [0.29, 0.717) is 0 Å². The molecular weight excluding hydrogens is 231 g/mol. The summed E-state index contributed by atoms with van der Waals surface area (Å²) in [4.78, 5) is 30.9. The van der Waals surface area contributed by atoms with E-state index in [1.807, 2.05) is 0 Å². The molecule has 0 unspecified atom stereocenters. The van der Waals surface area contributed by atoms with E-state index in [9.17, 15) is 19.5 Å². The summed E-state index contributed by atoms with van der Waals surface area (Å²) < 4.78 is 0. The summed E-state index contributed by atoms with van der Waals surface area (Å²) in [6.07, 6.45) is -0.197. The number of hydrogen-bond acceptors (Lipinski definition) is 6. The van der Waals surface area contributed by atoms with Crippen LogP contribution in [0.5, 0.6) is 0 Å². The van der Waals surface area contributed by atoms with Crippen LogP contribution in [0.15, 0.2) is 0 Å². The Balaban J connectivity index is 0. The molecule has 0 bridgehead atoms. The Morgan fingerprint density at radius 1 is 1.31 bits per heavy atom. The molecule has 0 aromatic carbocycles. The second-order valence-corrected chi connectivity index (χ2v) is 2.64. The van der Waals surface area contributed by atoms with Crippen LogP contribution in [-0.2, 0) is 14.4 Å². The maximum absolute atomic E-state index is 10.9. The van der Waals surface area contributed by atoms with Gasteiger partial charge in [0.1, 0.15) is 0 Å². The maximum atomic E-state index is 10.9. The van der Waals surface area contributed by atoms with Crippen molar-refractivity contribution in [3.63, 3.8) is 0 Å². The Hall–Kier alpha value is -0.670. The molecule has 16 heavy (non-hydrogen) atoms. The predicted octanol–water partition coefficient (Wildman–Crippen LogP) is -5.98. The third-order valence-electron chi connectivity index (χ3n) is 1.36. The molecule has 8 nitrogen and oxygen atoms in total. The standard InChI is InChI=1S/C7H12N2O6.Na/c10-5(9(15)4-7(13)14)1-2-8-3-6(11)12;/h8,15H,1-4H2,(H,11,12)(H,13,14);/q;+1/p-1. The van der Waals surface area contributed by atoms with Crippen LogP contribution in [0, 0.1) is 0 Å². The van der Waals surface area contributed by atoms with E-state index in [-0.39, 0.29) is 54.1 Å². The molecule has 0 rings (SSSR count). The summed E-state index contributed by atoms with van der Waals surface area (Å²) in [5, 5.41) is 29.4. The molecule has 86 valence electrons. The van der Waals surface area contributed by atoms with E-state index in [0.717, 1.165) is 0 Å². The molecule has 3 N–H and O–H groups in total. The molecule has 0 saturated heterocycles. The number of hydroxylamine groups is 2. The second kappa shape index (κ2) is 9.55. The molecule has 0 atom stereocenters. The van der Waals surface area contributed by atoms with Gasteiger partial charge >= 0.3 is 35.5 Å². The normalized spacial score (nSPS) is 9.06. The Bertz CT molecular complexity index is 259. The summed E-state index contributed by atoms with van der Waals surface area (Å²) in [6.45, 7) is -1.17. The Labute approximate surface area is 113 Å². The quantitative estimate of drug-likeness (QED) is 0.175. The van der Waals surface area contributed by atoms with Crippen LogP contribution in [0.4, 0.5) is 0 Å². The second-order valence-electron chi connectivity index (χ2n) is 2.64. The van der Waals surface area contributed by atoms with E-state index >= 15 is 0 Å². The zero-order valence-electron chi connectivity index (χ0n) is 8.80. The van der Waals surface area contributed by atoms with Gasteiger partial charge in [0.05, 0.1) is 19.1 Å². The van der Waals surface area contributed by atoms with Crippen molar-refractivity contribution >= 4 is 17.8 Å². The van der Waals surface area contributed by atoms with Gasteiger partial charge in [-0.1, -0.05) is 0 Å². The average Bonchev–Trinajstić information content (AvgIpc) is 2.10. The predicted molar refractivity (Wildman–Crippen MR) is 43.6 cm³/mol. The molecule has 0 radical (unpaired) electrons. The van der Waals surface area contributed by atoms with Crippen LogP contribution in [-0.4, -0.2) is 52.9 Å². The number of hydrogen-bond donors (Lipinski definition) is 3. The van der Waals surface area contributed by atoms with E-state index in [4.69, 9.17) is 10.3 Å². The first kappa shape index (κ1) is 17.7. The molecule has 0 spiro atoms. The first-order valence-corrected chi connectivity index (χ1v) is 4.05. The average molecular weight is 242 g/mol. The number of carbonyl (C=O) groups is 3. The Morgan fingerprint density at radius 3 is 2.31 bits per heavy atom. The largest absolute Gasteiger partial charge is 1.00 e. The Kier molecular flexibility index (Phi) is 10.6. The molecule has 0 aliphatic heterocycles. The minimum atomic E-state index is -1.58. The van der Waals surface area contributed by atoms with Gasteiger partial charge in [-0.25, -0.2) is 5.06 Å². The van der Waals surface area contributed by atoms with Crippen LogP contribution in [0.2, 0.25) is 0 Å². The Morgan fingerprint density at radius 2 is 1.88 bits per heavy atom. The maximum Gasteiger partial charge on any atom is 1.00 e. The number of amides is 1. The van der Waals surface area contributed by atoms with Gasteiger partial charge in [-0.3, -0.25) is 14.8 Å². The number of carbonyl (C=O) groups excluding carboxylic acids is 2. The zero-order valence-corrected chi connectivity index (χ0v) is 10.8. The van der Waals surface area contributed by atoms with Crippen molar-refractivity contribution < 1.29 is 59.4 Å². The van der Waals surface area contributed by atoms with Crippen molar-refractivity contribution in [2.75, 3.05) is 19.6 Å². The van der Waals surface area contributed by atoms with Crippen LogP contribution >= 0.6 is 0 Å². The summed E-state index contributed by atoms with van der Waals surface area (Å²) in [5.41, 5.74) is 0. The number of aliphatic carboxylic acids is 2. The molecule has 0 aliphatic carbocycles. The fourth-order valence-electron chi connectivity index (χ4n) is 0.730. The molecule has 0 aliphatic rings. The number of nitrogens with one attached hydrogen (secondary N) is 1. The van der Waals surface area contributed by atoms with Gasteiger partial charge in [0, 0.05) is 13.0 Å². The van der Waals surface area contributed by atoms with Gasteiger partial charge in [0.2, 0.25) is 5.91 Å². The molecular formula is C7H11N2NaO6. The van der Waals surface area contributed by atoms with Crippen molar-refractivity contribution in [1.29, 1.82) is 0 Å². The molecule has 9 heteroatoms. The zero-order chi connectivity index (χ0) is 11.8. The van der Waals surface area contributed by atoms with Gasteiger partial charge in [0.25, 0.3) is 0 Å². The third kappa shape index (κ3) is 9.87. The SMILES string of the molecule is O=C([O-])CN(O)C(=O)CCNCC(=O)O.[Na+]. The minimum absolute atomic E-state index is 0. The van der Waals surface area contributed by atoms with Crippen LogP contribution in [0.3, 0.4) is 0 Å². The summed E-state index contributed by atoms with van der Waals surface area (Å²) in [5.74, 6) is -3.47. The molecule has 0 saturated carbocycles. The van der Waals surface area contributed by atoms with Crippen LogP contribution in [0.25, 0.3) is 0 Å². The third-order valence-corrected chi connectivity index (χ3v) is 1.36. The fourth-order valence-corrected chi connectivity index (χ4v) is 0.730. The van der Waals surface area contributed by atoms with Crippen molar-refractivity contribution in [2.24, 2.45) is 0 Å². The van der Waals surface area contributed by atoms with Gasteiger partial charge in [0.15, 0.2) is 0 Å². The van der Waals surface area contributed by atoms with Gasteiger partial charge in [-0.2, -0.15) is 0 Å². The van der Waals surface area contributed by atoms with Gasteiger partial charge in [-0.15, -0.1) is 0 Å². The van der Waals surface area contributed by atoms with Crippen molar-refractivity contribution in [3.05, 3.63) is 0 Å². The minimum Gasteiger partial charge on any atom is -0.548 e. The first-order chi connectivity index (χ1) is 6.93. The summed E-state index contributed by atoms with van der Waals surface area (Å²) in [7, 11) is 0. The van der Waals surface area contributed by atoms with E-state index < -0.39 is 24.4 Å². The molecule has 0 fully saturated rings. The smallest absolute Gasteiger partial charge is 0.548 e. The topological polar surface area (TPSA) is 130 Å². The van der Waals surface area contributed by atoms with E-state index in [1.54, 1.807) is 0 Å².